The van der Waals surface area contributed by atoms with Gasteiger partial charge < -0.3 is 15.0 Å². The van der Waals surface area contributed by atoms with Gasteiger partial charge in [0, 0.05) is 31.5 Å². The van der Waals surface area contributed by atoms with Crippen LogP contribution < -0.4 is 10.2 Å². The van der Waals surface area contributed by atoms with Crippen molar-refractivity contribution in [2.75, 3.05) is 18.1 Å². The van der Waals surface area contributed by atoms with E-state index in [1.165, 1.54) is 19.3 Å². The summed E-state index contributed by atoms with van der Waals surface area (Å²) in [6.45, 7) is 5.62. The molecule has 0 saturated carbocycles. The van der Waals surface area contributed by atoms with Crippen LogP contribution in [0.2, 0.25) is 0 Å². The molecule has 1 aromatic carbocycles. The number of alkyl halides is 3. The summed E-state index contributed by atoms with van der Waals surface area (Å²) in [5.41, 5.74) is -1.07. The fourth-order valence-corrected chi connectivity index (χ4v) is 5.09. The number of fused-ring (bicyclic) bond motifs is 4. The van der Waals surface area contributed by atoms with Gasteiger partial charge in [-0.05, 0) is 44.9 Å². The monoisotopic (exact) mass is 607 g/mol. The van der Waals surface area contributed by atoms with Crippen LogP contribution in [0, 0.1) is 24.6 Å². The van der Waals surface area contributed by atoms with E-state index < -0.39 is 34.7 Å². The second-order valence-corrected chi connectivity index (χ2v) is 10.7. The first-order valence-electron chi connectivity index (χ1n) is 13.4. The van der Waals surface area contributed by atoms with Gasteiger partial charge in [-0.15, -0.1) is 10.2 Å². The van der Waals surface area contributed by atoms with E-state index in [2.05, 4.69) is 42.4 Å². The lowest BCUT2D eigenvalue weighted by molar-refractivity contribution is -0.141. The van der Waals surface area contributed by atoms with Gasteiger partial charge in [-0.25, -0.2) is 9.37 Å². The highest BCUT2D eigenvalue weighted by molar-refractivity contribution is 5.96. The van der Waals surface area contributed by atoms with Gasteiger partial charge in [0.05, 0.1) is 40.9 Å². The summed E-state index contributed by atoms with van der Waals surface area (Å²) in [5.74, 6) is 5.60. The number of ether oxygens (including phenoxy) is 1. The van der Waals surface area contributed by atoms with E-state index >= 15 is 4.39 Å². The summed E-state index contributed by atoms with van der Waals surface area (Å²) in [7, 11) is 1.30. The number of nitrogens with zero attached hydrogens (tertiary/aromatic N) is 8. The van der Waals surface area contributed by atoms with Crippen molar-refractivity contribution in [3.63, 3.8) is 0 Å². The summed E-state index contributed by atoms with van der Waals surface area (Å²) < 4.78 is 64.1. The number of carbonyl (C=O) groups is 1. The summed E-state index contributed by atoms with van der Waals surface area (Å²) >= 11 is 0. The molecule has 0 spiro atoms. The number of rotatable bonds is 3. The molecule has 15 heteroatoms. The number of anilines is 2. The van der Waals surface area contributed by atoms with Gasteiger partial charge >= 0.3 is 6.18 Å². The average molecular weight is 608 g/mol. The Balaban J connectivity index is 1.38. The molecule has 1 aliphatic heterocycles. The second kappa shape index (κ2) is 10.6. The Morgan fingerprint density at radius 3 is 2.73 bits per heavy atom. The van der Waals surface area contributed by atoms with Crippen LogP contribution in [-0.2, 0) is 24.6 Å². The average Bonchev–Trinajstić information content (AvgIpc) is 3.47. The summed E-state index contributed by atoms with van der Waals surface area (Å²) in [5, 5.41) is 14.5. The molecule has 0 unspecified atom stereocenters. The Hall–Kier alpha value is -5.10. The third-order valence-corrected chi connectivity index (χ3v) is 7.01. The molecule has 11 nitrogen and oxygen atoms in total. The topological polar surface area (TPSA) is 115 Å². The van der Waals surface area contributed by atoms with Crippen LogP contribution in [-0.4, -0.2) is 58.9 Å². The maximum Gasteiger partial charge on any atom is 0.435 e. The van der Waals surface area contributed by atoms with E-state index in [-0.39, 0.29) is 18.6 Å². The van der Waals surface area contributed by atoms with Crippen LogP contribution in [0.4, 0.5) is 29.1 Å². The maximum absolute atomic E-state index is 15.4. The zero-order chi connectivity index (χ0) is 31.4. The van der Waals surface area contributed by atoms with Crippen LogP contribution >= 0.6 is 0 Å². The van der Waals surface area contributed by atoms with Crippen molar-refractivity contribution in [1.29, 1.82) is 0 Å². The molecular weight excluding hydrogens is 582 g/mol. The van der Waals surface area contributed by atoms with Gasteiger partial charge in [0.15, 0.2) is 5.69 Å². The van der Waals surface area contributed by atoms with E-state index in [0.717, 1.165) is 10.9 Å². The zero-order valence-electron chi connectivity index (χ0n) is 24.0. The lowest BCUT2D eigenvalue weighted by atomic mass is 10.0. The molecule has 4 aromatic heterocycles. The van der Waals surface area contributed by atoms with Crippen molar-refractivity contribution in [2.24, 2.45) is 7.05 Å². The van der Waals surface area contributed by atoms with Crippen LogP contribution in [0.15, 0.2) is 36.7 Å². The predicted molar refractivity (Wildman–Crippen MR) is 151 cm³/mol. The highest BCUT2D eigenvalue weighted by Crippen LogP contribution is 2.37. The molecule has 226 valence electrons. The van der Waals surface area contributed by atoms with Crippen molar-refractivity contribution >= 4 is 34.1 Å². The molecule has 0 radical (unpaired) electrons. The summed E-state index contributed by atoms with van der Waals surface area (Å²) in [6.07, 6.45) is -2.26. The molecular formula is C29H25F4N9O2. The molecule has 0 saturated heterocycles. The molecule has 44 heavy (non-hydrogen) atoms. The molecule has 1 amide bonds. The molecule has 1 aliphatic rings. The first-order valence-corrected chi connectivity index (χ1v) is 13.4. The van der Waals surface area contributed by atoms with Crippen LogP contribution in [0.5, 0.6) is 0 Å². The Bertz CT molecular complexity index is 2000. The zero-order valence-corrected chi connectivity index (χ0v) is 24.0. The van der Waals surface area contributed by atoms with Crippen LogP contribution in [0.25, 0.3) is 16.7 Å². The number of nitrogens with one attached hydrogen (secondary N) is 1. The number of hydrogen-bond donors (Lipinski definition) is 1. The lowest BCUT2D eigenvalue weighted by Crippen LogP contribution is -2.42. The van der Waals surface area contributed by atoms with Crippen LogP contribution in [0.1, 0.15) is 47.0 Å². The minimum atomic E-state index is -4.80. The van der Waals surface area contributed by atoms with Gasteiger partial charge in [-0.3, -0.25) is 13.9 Å². The van der Waals surface area contributed by atoms with E-state index in [0.29, 0.717) is 46.4 Å². The molecule has 1 N–H and O–H groups in total. The SMILES string of the molecule is Cc1nnc2nc(N3CCOCc4c3ccnc4C#CC(C)(C)NC(=O)c3cn(C)nc3C(F)(F)F)c3c(F)cccc3n12. The highest BCUT2D eigenvalue weighted by atomic mass is 19.4. The molecule has 6 rings (SSSR count). The number of amides is 1. The number of aryl methyl sites for hydroxylation is 2. The number of carbonyl (C=O) groups excluding carboxylic acids is 1. The number of hydrogen-bond acceptors (Lipinski definition) is 8. The van der Waals surface area contributed by atoms with Crippen molar-refractivity contribution < 1.29 is 27.1 Å². The Morgan fingerprint density at radius 1 is 1.16 bits per heavy atom. The summed E-state index contributed by atoms with van der Waals surface area (Å²) in [4.78, 5) is 23.7. The van der Waals surface area contributed by atoms with Gasteiger partial charge in [0.25, 0.3) is 11.7 Å². The molecule has 0 aliphatic carbocycles. The van der Waals surface area contributed by atoms with E-state index in [9.17, 15) is 18.0 Å². The third kappa shape index (κ3) is 5.17. The van der Waals surface area contributed by atoms with Crippen molar-refractivity contribution in [3.8, 4) is 11.8 Å². The first kappa shape index (κ1) is 29.0. The van der Waals surface area contributed by atoms with Crippen molar-refractivity contribution in [2.45, 2.75) is 39.1 Å². The van der Waals surface area contributed by atoms with E-state index in [4.69, 9.17) is 4.74 Å². The van der Waals surface area contributed by atoms with Gasteiger partial charge in [0.2, 0.25) is 0 Å². The highest BCUT2D eigenvalue weighted by Gasteiger charge is 2.39. The Morgan fingerprint density at radius 2 is 1.95 bits per heavy atom. The standard InChI is InChI=1S/C29H25F4N9O2/c1-16-37-38-27-35-25(23-19(30)6-5-7-22(23)42(16)27)41-12-13-44-15-18-20(34-11-9-21(18)41)8-10-28(2,3)36-26(43)17-14-40(4)39-24(17)29(31,32)33/h5-7,9,11,14H,12-13,15H2,1-4H3,(H,36,43). The minimum absolute atomic E-state index is 0.133. The van der Waals surface area contributed by atoms with Gasteiger partial charge in [0.1, 0.15) is 23.2 Å². The smallest absolute Gasteiger partial charge is 0.375 e. The van der Waals surface area contributed by atoms with Crippen molar-refractivity contribution in [1.82, 2.24) is 39.7 Å². The first-order chi connectivity index (χ1) is 20.8. The number of pyridine rings is 1. The van der Waals surface area contributed by atoms with E-state index in [1.807, 2.05) is 4.90 Å². The predicted octanol–water partition coefficient (Wildman–Crippen LogP) is 4.10. The number of halogens is 4. The summed E-state index contributed by atoms with van der Waals surface area (Å²) in [6, 6.07) is 6.48. The van der Waals surface area contributed by atoms with Crippen LogP contribution in [0.3, 0.4) is 0 Å². The normalized spacial score (nSPS) is 13.9. The minimum Gasteiger partial charge on any atom is -0.375 e. The lowest BCUT2D eigenvalue weighted by Gasteiger charge is -2.25. The van der Waals surface area contributed by atoms with Gasteiger partial charge in [-0.1, -0.05) is 12.0 Å². The number of aromatic nitrogens is 7. The maximum atomic E-state index is 15.4. The molecule has 0 fully saturated rings. The second-order valence-electron chi connectivity index (χ2n) is 10.7. The van der Waals surface area contributed by atoms with Crippen molar-refractivity contribution in [3.05, 3.63) is 70.8 Å². The fraction of sp³-hybridized carbons (Fsp3) is 0.310. The third-order valence-electron chi connectivity index (χ3n) is 7.01. The molecule has 5 heterocycles. The Kier molecular flexibility index (Phi) is 6.96. The van der Waals surface area contributed by atoms with Gasteiger partial charge in [-0.2, -0.15) is 23.3 Å². The van der Waals surface area contributed by atoms with E-state index in [1.54, 1.807) is 43.4 Å². The molecule has 0 bridgehead atoms. The number of benzene rings is 1. The Labute approximate surface area is 247 Å². The molecule has 0 atom stereocenters. The quantitative estimate of drug-likeness (QED) is 0.241. The fourth-order valence-electron chi connectivity index (χ4n) is 5.09. The molecule has 5 aromatic rings. The largest absolute Gasteiger partial charge is 0.435 e.